The summed E-state index contributed by atoms with van der Waals surface area (Å²) in [6, 6.07) is 12.8. The summed E-state index contributed by atoms with van der Waals surface area (Å²) in [5.74, 6) is 0.794. The Kier molecular flexibility index (Phi) is 9.41. The molecule has 0 N–H and O–H groups in total. The summed E-state index contributed by atoms with van der Waals surface area (Å²) >= 11 is 6.12. The lowest BCUT2D eigenvalue weighted by atomic mass is 10.0. The summed E-state index contributed by atoms with van der Waals surface area (Å²) in [6.07, 6.45) is 10.3. The van der Waals surface area contributed by atoms with E-state index in [0.29, 0.717) is 16.1 Å². The maximum atomic E-state index is 12.5. The van der Waals surface area contributed by atoms with Crippen LogP contribution in [0.25, 0.3) is 0 Å². The van der Waals surface area contributed by atoms with Crippen molar-refractivity contribution in [3.63, 3.8) is 0 Å². The fraction of sp³-hybridized carbons (Fsp3) is 0.458. The van der Waals surface area contributed by atoms with Crippen LogP contribution in [0.4, 0.5) is 0 Å². The third kappa shape index (κ3) is 7.38. The minimum atomic E-state index is -0.0217. The van der Waals surface area contributed by atoms with Crippen LogP contribution in [0.2, 0.25) is 5.02 Å². The monoisotopic (exact) mass is 386 g/mol. The van der Waals surface area contributed by atoms with Gasteiger partial charge >= 0.3 is 0 Å². The van der Waals surface area contributed by atoms with Gasteiger partial charge in [0.25, 0.3) is 0 Å². The van der Waals surface area contributed by atoms with Gasteiger partial charge in [0.15, 0.2) is 5.78 Å². The lowest BCUT2D eigenvalue weighted by Gasteiger charge is -2.08. The predicted octanol–water partition coefficient (Wildman–Crippen LogP) is 7.40. The largest absolute Gasteiger partial charge is 0.494 e. The SMILES string of the molecule is CCCCCCCCCCOc1ccc(C(=O)c2ccc(C)c(Cl)c2)cc1. The summed E-state index contributed by atoms with van der Waals surface area (Å²) < 4.78 is 5.79. The highest BCUT2D eigenvalue weighted by Gasteiger charge is 2.10. The average Bonchev–Trinajstić information content (AvgIpc) is 2.69. The number of benzene rings is 2. The zero-order valence-corrected chi connectivity index (χ0v) is 17.4. The van der Waals surface area contributed by atoms with Crippen LogP contribution < -0.4 is 4.74 Å². The van der Waals surface area contributed by atoms with E-state index in [2.05, 4.69) is 6.92 Å². The summed E-state index contributed by atoms with van der Waals surface area (Å²) in [5, 5.41) is 0.617. The van der Waals surface area contributed by atoms with Gasteiger partial charge in [-0.15, -0.1) is 0 Å². The van der Waals surface area contributed by atoms with Crippen LogP contribution in [0, 0.1) is 6.92 Å². The van der Waals surface area contributed by atoms with E-state index in [4.69, 9.17) is 16.3 Å². The first kappa shape index (κ1) is 21.5. The maximum absolute atomic E-state index is 12.5. The minimum absolute atomic E-state index is 0.0217. The Hall–Kier alpha value is -1.80. The van der Waals surface area contributed by atoms with Gasteiger partial charge in [0, 0.05) is 16.1 Å². The van der Waals surface area contributed by atoms with Crippen molar-refractivity contribution in [1.82, 2.24) is 0 Å². The van der Waals surface area contributed by atoms with E-state index in [1.165, 1.54) is 44.9 Å². The second-order valence-electron chi connectivity index (χ2n) is 7.14. The Morgan fingerprint density at radius 2 is 1.44 bits per heavy atom. The molecule has 0 aliphatic rings. The van der Waals surface area contributed by atoms with Gasteiger partial charge < -0.3 is 4.74 Å². The van der Waals surface area contributed by atoms with Gasteiger partial charge in [0.1, 0.15) is 5.75 Å². The summed E-state index contributed by atoms with van der Waals surface area (Å²) in [4.78, 5) is 12.5. The number of unbranched alkanes of at least 4 members (excludes halogenated alkanes) is 7. The molecule has 0 amide bonds. The molecular formula is C24H31ClO2. The van der Waals surface area contributed by atoms with Gasteiger partial charge in [-0.25, -0.2) is 0 Å². The summed E-state index contributed by atoms with van der Waals surface area (Å²) in [6.45, 7) is 4.91. The number of rotatable bonds is 12. The number of halogens is 1. The third-order valence-electron chi connectivity index (χ3n) is 4.82. The smallest absolute Gasteiger partial charge is 0.193 e. The van der Waals surface area contributed by atoms with E-state index in [-0.39, 0.29) is 5.78 Å². The second-order valence-corrected chi connectivity index (χ2v) is 7.55. The first-order chi connectivity index (χ1) is 13.1. The van der Waals surface area contributed by atoms with Crippen molar-refractivity contribution in [2.75, 3.05) is 6.61 Å². The maximum Gasteiger partial charge on any atom is 0.193 e. The Morgan fingerprint density at radius 3 is 2.07 bits per heavy atom. The van der Waals surface area contributed by atoms with Crippen molar-refractivity contribution in [2.45, 2.75) is 65.2 Å². The molecule has 0 atom stereocenters. The summed E-state index contributed by atoms with van der Waals surface area (Å²) in [7, 11) is 0. The van der Waals surface area contributed by atoms with Crippen molar-refractivity contribution in [3.05, 3.63) is 64.2 Å². The number of hydrogen-bond donors (Lipinski definition) is 0. The molecule has 0 spiro atoms. The van der Waals surface area contributed by atoms with Crippen LogP contribution in [0.3, 0.4) is 0 Å². The summed E-state index contributed by atoms with van der Waals surface area (Å²) in [5.41, 5.74) is 2.23. The van der Waals surface area contributed by atoms with Crippen molar-refractivity contribution in [1.29, 1.82) is 0 Å². The molecule has 0 saturated carbocycles. The number of aryl methyl sites for hydroxylation is 1. The van der Waals surface area contributed by atoms with E-state index in [9.17, 15) is 4.79 Å². The molecule has 0 unspecified atom stereocenters. The molecule has 0 aromatic heterocycles. The van der Waals surface area contributed by atoms with Gasteiger partial charge in [-0.2, -0.15) is 0 Å². The van der Waals surface area contributed by atoms with Gasteiger partial charge in [-0.3, -0.25) is 4.79 Å². The number of ketones is 1. The Morgan fingerprint density at radius 1 is 0.852 bits per heavy atom. The Balaban J connectivity index is 1.72. The van der Waals surface area contributed by atoms with Gasteiger partial charge in [-0.1, -0.05) is 75.6 Å². The molecule has 0 bridgehead atoms. The quantitative estimate of drug-likeness (QED) is 0.280. The molecule has 0 heterocycles. The van der Waals surface area contributed by atoms with Gasteiger partial charge in [0.05, 0.1) is 6.61 Å². The van der Waals surface area contributed by atoms with E-state index >= 15 is 0 Å². The standard InChI is InChI=1S/C24H31ClO2/c1-3-4-5-6-7-8-9-10-17-27-22-15-13-20(14-16-22)24(26)21-12-11-19(2)23(25)18-21/h11-16,18H,3-10,17H2,1-2H3. The molecule has 0 fully saturated rings. The lowest BCUT2D eigenvalue weighted by molar-refractivity contribution is 0.103. The number of carbonyl (C=O) groups excluding carboxylic acids is 1. The highest BCUT2D eigenvalue weighted by atomic mass is 35.5. The van der Waals surface area contributed by atoms with Gasteiger partial charge in [0.2, 0.25) is 0 Å². The lowest BCUT2D eigenvalue weighted by Crippen LogP contribution is -2.02. The zero-order chi connectivity index (χ0) is 19.5. The first-order valence-corrected chi connectivity index (χ1v) is 10.5. The number of hydrogen-bond acceptors (Lipinski definition) is 2. The van der Waals surface area contributed by atoms with Crippen LogP contribution >= 0.6 is 11.6 Å². The van der Waals surface area contributed by atoms with E-state index in [0.717, 1.165) is 24.3 Å². The van der Waals surface area contributed by atoms with E-state index in [1.807, 2.05) is 43.3 Å². The van der Waals surface area contributed by atoms with Crippen LogP contribution in [0.1, 0.15) is 79.8 Å². The van der Waals surface area contributed by atoms with Crippen molar-refractivity contribution < 1.29 is 9.53 Å². The van der Waals surface area contributed by atoms with E-state index in [1.54, 1.807) is 6.07 Å². The average molecular weight is 387 g/mol. The molecule has 3 heteroatoms. The van der Waals surface area contributed by atoms with Gasteiger partial charge in [-0.05, 0) is 49.2 Å². The molecule has 2 aromatic rings. The molecule has 2 rings (SSSR count). The molecule has 2 nitrogen and oxygen atoms in total. The number of carbonyl (C=O) groups is 1. The molecule has 0 aliphatic carbocycles. The zero-order valence-electron chi connectivity index (χ0n) is 16.6. The van der Waals surface area contributed by atoms with Crippen LogP contribution in [-0.4, -0.2) is 12.4 Å². The minimum Gasteiger partial charge on any atom is -0.494 e. The normalized spacial score (nSPS) is 10.8. The predicted molar refractivity (Wildman–Crippen MR) is 114 cm³/mol. The van der Waals surface area contributed by atoms with Crippen molar-refractivity contribution in [3.8, 4) is 5.75 Å². The highest BCUT2D eigenvalue weighted by molar-refractivity contribution is 6.31. The van der Waals surface area contributed by atoms with E-state index < -0.39 is 0 Å². The first-order valence-electron chi connectivity index (χ1n) is 10.2. The Labute approximate surface area is 168 Å². The Bertz CT molecular complexity index is 707. The van der Waals surface area contributed by atoms with Crippen molar-refractivity contribution in [2.24, 2.45) is 0 Å². The highest BCUT2D eigenvalue weighted by Crippen LogP contribution is 2.20. The van der Waals surface area contributed by atoms with Crippen molar-refractivity contribution >= 4 is 17.4 Å². The molecule has 2 aromatic carbocycles. The fourth-order valence-corrected chi connectivity index (χ4v) is 3.21. The van der Waals surface area contributed by atoms with Crippen LogP contribution in [0.15, 0.2) is 42.5 Å². The molecule has 146 valence electrons. The van der Waals surface area contributed by atoms with Crippen LogP contribution in [0.5, 0.6) is 5.75 Å². The second kappa shape index (κ2) is 11.8. The number of ether oxygens (including phenoxy) is 1. The third-order valence-corrected chi connectivity index (χ3v) is 5.22. The van der Waals surface area contributed by atoms with Crippen LogP contribution in [-0.2, 0) is 0 Å². The molecule has 0 aliphatic heterocycles. The molecule has 0 saturated heterocycles. The topological polar surface area (TPSA) is 26.3 Å². The molecule has 27 heavy (non-hydrogen) atoms. The molecule has 0 radical (unpaired) electrons. The molecular weight excluding hydrogens is 356 g/mol. The fourth-order valence-electron chi connectivity index (χ4n) is 3.03.